The molecule has 0 bridgehead atoms. The predicted octanol–water partition coefficient (Wildman–Crippen LogP) is 5.93. The second-order valence-electron chi connectivity index (χ2n) is 9.51. The zero-order chi connectivity index (χ0) is 25.2. The number of aromatic nitrogens is 6. The van der Waals surface area contributed by atoms with E-state index in [1.807, 2.05) is 42.9 Å². The van der Waals surface area contributed by atoms with Gasteiger partial charge in [-0.15, -0.1) is 0 Å². The van der Waals surface area contributed by atoms with Crippen molar-refractivity contribution in [3.05, 3.63) is 102 Å². The van der Waals surface area contributed by atoms with Gasteiger partial charge in [-0.25, -0.2) is 0 Å². The average molecular weight is 488 g/mol. The van der Waals surface area contributed by atoms with Crippen molar-refractivity contribution in [3.63, 3.8) is 0 Å². The van der Waals surface area contributed by atoms with Crippen LogP contribution < -0.4 is 0 Å². The Labute approximate surface area is 216 Å². The van der Waals surface area contributed by atoms with Gasteiger partial charge < -0.3 is 4.98 Å². The molecule has 0 aliphatic carbocycles. The number of nitrogens with one attached hydrogen (secondary N) is 2. The average Bonchev–Trinajstić information content (AvgIpc) is 3.68. The summed E-state index contributed by atoms with van der Waals surface area (Å²) in [6.07, 6.45) is 13.9. The van der Waals surface area contributed by atoms with E-state index in [1.165, 1.54) is 18.4 Å². The lowest BCUT2D eigenvalue weighted by Gasteiger charge is -2.14. The molecule has 6 rings (SSSR count). The maximum absolute atomic E-state index is 4.71. The van der Waals surface area contributed by atoms with Crippen molar-refractivity contribution < 1.29 is 0 Å². The fourth-order valence-corrected chi connectivity index (χ4v) is 5.11. The standard InChI is InChI=1S/C30H29N7/c1-3-8-23(26-9-4-5-10-32-26)24-14-28(34-20(24)2)30-25-15-27(33-18-29(25)35-36-30)22-13-21(16-31-17-22)19-37-11-6-7-12-37/h3-5,8-10,13-18,34H,1,6-7,11-12,19H2,2H3,(H,35,36)/b23-8+. The molecule has 1 saturated heterocycles. The van der Waals surface area contributed by atoms with E-state index in [4.69, 9.17) is 4.98 Å². The van der Waals surface area contributed by atoms with Crippen LogP contribution in [0.2, 0.25) is 0 Å². The number of H-pyrrole nitrogens is 2. The number of likely N-dealkylation sites (tertiary alicyclic amines) is 1. The Morgan fingerprint density at radius 3 is 2.78 bits per heavy atom. The molecule has 5 aromatic rings. The van der Waals surface area contributed by atoms with Crippen molar-refractivity contribution in [2.45, 2.75) is 26.3 Å². The summed E-state index contributed by atoms with van der Waals surface area (Å²) in [5.74, 6) is 0. The third kappa shape index (κ3) is 4.61. The minimum atomic E-state index is 0.855. The molecule has 0 atom stereocenters. The van der Waals surface area contributed by atoms with Gasteiger partial charge in [0.15, 0.2) is 0 Å². The fraction of sp³-hybridized carbons (Fsp3) is 0.200. The molecule has 184 valence electrons. The molecule has 7 nitrogen and oxygen atoms in total. The van der Waals surface area contributed by atoms with Gasteiger partial charge in [-0.05, 0) is 68.8 Å². The van der Waals surface area contributed by atoms with Crippen LogP contribution in [-0.2, 0) is 6.54 Å². The van der Waals surface area contributed by atoms with E-state index in [1.54, 1.807) is 12.3 Å². The number of hydrogen-bond acceptors (Lipinski definition) is 5. The highest BCUT2D eigenvalue weighted by molar-refractivity contribution is 5.95. The molecular weight excluding hydrogens is 458 g/mol. The van der Waals surface area contributed by atoms with Gasteiger partial charge in [0.25, 0.3) is 0 Å². The molecule has 0 spiro atoms. The Bertz CT molecular complexity index is 1590. The van der Waals surface area contributed by atoms with E-state index in [2.05, 4.69) is 61.8 Å². The SMILES string of the molecule is C=C/C=C(/c1ccccn1)c1cc(-c2n[nH]c3cnc(-c4cncc(CN5CCCC5)c4)cc23)[nH]c1C. The molecule has 0 radical (unpaired) electrons. The first-order valence-electron chi connectivity index (χ1n) is 12.6. The smallest absolute Gasteiger partial charge is 0.116 e. The number of hydrogen-bond donors (Lipinski definition) is 2. The summed E-state index contributed by atoms with van der Waals surface area (Å²) in [6.45, 7) is 9.23. The minimum Gasteiger partial charge on any atom is -0.357 e. The molecule has 0 saturated carbocycles. The fourth-order valence-electron chi connectivity index (χ4n) is 5.11. The molecule has 1 aliphatic rings. The molecule has 7 heteroatoms. The van der Waals surface area contributed by atoms with Crippen LogP contribution in [0.4, 0.5) is 0 Å². The van der Waals surface area contributed by atoms with Crippen LogP contribution in [0.15, 0.2) is 79.9 Å². The largest absolute Gasteiger partial charge is 0.357 e. The molecule has 1 aliphatic heterocycles. The van der Waals surface area contributed by atoms with E-state index >= 15 is 0 Å². The van der Waals surface area contributed by atoms with Crippen LogP contribution >= 0.6 is 0 Å². The van der Waals surface area contributed by atoms with Crippen molar-refractivity contribution in [2.75, 3.05) is 13.1 Å². The van der Waals surface area contributed by atoms with Gasteiger partial charge in [-0.2, -0.15) is 5.10 Å². The van der Waals surface area contributed by atoms with E-state index in [9.17, 15) is 0 Å². The number of rotatable bonds is 7. The van der Waals surface area contributed by atoms with Crippen molar-refractivity contribution in [1.29, 1.82) is 0 Å². The highest BCUT2D eigenvalue weighted by Crippen LogP contribution is 2.33. The number of fused-ring (bicyclic) bond motifs is 1. The summed E-state index contributed by atoms with van der Waals surface area (Å²) in [7, 11) is 0. The Hall–Kier alpha value is -4.36. The van der Waals surface area contributed by atoms with Gasteiger partial charge in [-0.1, -0.05) is 24.8 Å². The first kappa shape index (κ1) is 23.1. The third-order valence-corrected chi connectivity index (χ3v) is 6.93. The summed E-state index contributed by atoms with van der Waals surface area (Å²) in [6, 6.07) is 12.4. The summed E-state index contributed by atoms with van der Waals surface area (Å²) >= 11 is 0. The molecule has 6 heterocycles. The number of pyridine rings is 3. The molecule has 0 aromatic carbocycles. The lowest BCUT2D eigenvalue weighted by atomic mass is 10.0. The third-order valence-electron chi connectivity index (χ3n) is 6.93. The molecule has 0 unspecified atom stereocenters. The van der Waals surface area contributed by atoms with Gasteiger partial charge in [0.1, 0.15) is 5.69 Å². The molecule has 37 heavy (non-hydrogen) atoms. The van der Waals surface area contributed by atoms with Gasteiger partial charge in [0.2, 0.25) is 0 Å². The Kier molecular flexibility index (Phi) is 6.20. The summed E-state index contributed by atoms with van der Waals surface area (Å²) in [5.41, 5.74) is 9.81. The highest BCUT2D eigenvalue weighted by atomic mass is 15.1. The summed E-state index contributed by atoms with van der Waals surface area (Å²) < 4.78 is 0. The van der Waals surface area contributed by atoms with Gasteiger partial charge in [0.05, 0.1) is 28.8 Å². The molecule has 2 N–H and O–H groups in total. The van der Waals surface area contributed by atoms with Crippen LogP contribution in [0.1, 0.15) is 35.4 Å². The van der Waals surface area contributed by atoms with Crippen LogP contribution in [0, 0.1) is 6.92 Å². The molecule has 0 amide bonds. The van der Waals surface area contributed by atoms with E-state index in [-0.39, 0.29) is 0 Å². The normalized spacial score (nSPS) is 14.5. The first-order valence-corrected chi connectivity index (χ1v) is 12.6. The van der Waals surface area contributed by atoms with Gasteiger partial charge in [0, 0.05) is 52.9 Å². The molecular formula is C30H29N7. The van der Waals surface area contributed by atoms with E-state index in [0.29, 0.717) is 0 Å². The number of aromatic amines is 2. The van der Waals surface area contributed by atoms with Gasteiger partial charge in [-0.3, -0.25) is 25.0 Å². The van der Waals surface area contributed by atoms with Crippen LogP contribution in [-0.4, -0.2) is 48.1 Å². The van der Waals surface area contributed by atoms with E-state index < -0.39 is 0 Å². The zero-order valence-corrected chi connectivity index (χ0v) is 20.9. The van der Waals surface area contributed by atoms with Crippen LogP contribution in [0.5, 0.6) is 0 Å². The topological polar surface area (TPSA) is 86.4 Å². The Morgan fingerprint density at radius 2 is 1.97 bits per heavy atom. The summed E-state index contributed by atoms with van der Waals surface area (Å²) in [4.78, 5) is 19.8. The highest BCUT2D eigenvalue weighted by Gasteiger charge is 2.18. The Morgan fingerprint density at radius 1 is 1.08 bits per heavy atom. The van der Waals surface area contributed by atoms with E-state index in [0.717, 1.165) is 75.7 Å². The maximum Gasteiger partial charge on any atom is 0.116 e. The van der Waals surface area contributed by atoms with Crippen molar-refractivity contribution in [2.24, 2.45) is 0 Å². The second kappa shape index (κ2) is 9.95. The monoisotopic (exact) mass is 487 g/mol. The lowest BCUT2D eigenvalue weighted by Crippen LogP contribution is -2.18. The zero-order valence-electron chi connectivity index (χ0n) is 20.9. The summed E-state index contributed by atoms with van der Waals surface area (Å²) in [5, 5.41) is 8.80. The molecule has 5 aromatic heterocycles. The maximum atomic E-state index is 4.71. The number of nitrogens with zero attached hydrogens (tertiary/aromatic N) is 5. The first-order chi connectivity index (χ1) is 18.2. The van der Waals surface area contributed by atoms with Crippen LogP contribution in [0.3, 0.4) is 0 Å². The Balaban J connectivity index is 1.36. The lowest BCUT2D eigenvalue weighted by molar-refractivity contribution is 0.331. The number of aryl methyl sites for hydroxylation is 1. The second-order valence-corrected chi connectivity index (χ2v) is 9.51. The van der Waals surface area contributed by atoms with Crippen molar-refractivity contribution >= 4 is 16.5 Å². The molecule has 1 fully saturated rings. The van der Waals surface area contributed by atoms with Crippen LogP contribution in [0.25, 0.3) is 39.1 Å². The van der Waals surface area contributed by atoms with Crippen molar-refractivity contribution in [1.82, 2.24) is 35.0 Å². The minimum absolute atomic E-state index is 0.855. The predicted molar refractivity (Wildman–Crippen MR) is 148 cm³/mol. The number of allylic oxidation sites excluding steroid dienone is 2. The van der Waals surface area contributed by atoms with Gasteiger partial charge >= 0.3 is 0 Å². The quantitative estimate of drug-likeness (QED) is 0.278. The van der Waals surface area contributed by atoms with Crippen molar-refractivity contribution in [3.8, 4) is 22.6 Å².